The molecule has 0 saturated heterocycles. The van der Waals surface area contributed by atoms with Crippen LogP contribution in [0.4, 0.5) is 0 Å². The van der Waals surface area contributed by atoms with Crippen LogP contribution in [0.25, 0.3) is 0 Å². The summed E-state index contributed by atoms with van der Waals surface area (Å²) in [4.78, 5) is 0. The van der Waals surface area contributed by atoms with Crippen molar-refractivity contribution in [2.75, 3.05) is 0 Å². The van der Waals surface area contributed by atoms with E-state index < -0.39 is 0 Å². The third-order valence-electron chi connectivity index (χ3n) is 7.19. The lowest BCUT2D eigenvalue weighted by Crippen LogP contribution is -2.22. The van der Waals surface area contributed by atoms with Gasteiger partial charge in [-0.25, -0.2) is 0 Å². The molecule has 0 bridgehead atoms. The van der Waals surface area contributed by atoms with Gasteiger partial charge in [0.25, 0.3) is 0 Å². The fraction of sp³-hybridized carbons (Fsp3) is 0.548. The van der Waals surface area contributed by atoms with Gasteiger partial charge in [-0.3, -0.25) is 0 Å². The van der Waals surface area contributed by atoms with E-state index in [0.29, 0.717) is 5.92 Å². The first-order chi connectivity index (χ1) is 16.3. The van der Waals surface area contributed by atoms with Crippen molar-refractivity contribution in [2.45, 2.75) is 97.3 Å². The van der Waals surface area contributed by atoms with Gasteiger partial charge in [0.05, 0.1) is 11.9 Å². The van der Waals surface area contributed by atoms with Gasteiger partial charge in [-0.2, -0.15) is 10.2 Å². The van der Waals surface area contributed by atoms with Crippen molar-refractivity contribution in [3.63, 3.8) is 0 Å². The molecular weight excluding hydrogens is 400 g/mol. The van der Waals surface area contributed by atoms with Crippen LogP contribution in [-0.4, -0.2) is 11.9 Å². The number of aryl methyl sites for hydroxylation is 1. The molecule has 0 heterocycles. The van der Waals surface area contributed by atoms with Gasteiger partial charge < -0.3 is 0 Å². The van der Waals surface area contributed by atoms with Gasteiger partial charge in [0, 0.05) is 5.92 Å². The largest absolute Gasteiger partial charge is 0.158 e. The van der Waals surface area contributed by atoms with Crippen molar-refractivity contribution in [3.05, 3.63) is 71.3 Å². The maximum atomic E-state index is 4.79. The first-order valence-corrected chi connectivity index (χ1v) is 13.6. The zero-order valence-corrected chi connectivity index (χ0v) is 21.0. The van der Waals surface area contributed by atoms with Gasteiger partial charge in [0.1, 0.15) is 0 Å². The summed E-state index contributed by atoms with van der Waals surface area (Å²) >= 11 is 0. The van der Waals surface area contributed by atoms with Crippen molar-refractivity contribution < 1.29 is 0 Å². The fourth-order valence-corrected chi connectivity index (χ4v) is 5.05. The Bertz CT molecular complexity index is 827. The smallest absolute Gasteiger partial charge is 0.0733 e. The molecule has 1 fully saturated rings. The Morgan fingerprint density at radius 2 is 1.48 bits per heavy atom. The molecule has 0 spiro atoms. The Morgan fingerprint density at radius 3 is 2.18 bits per heavy atom. The molecule has 2 nitrogen and oxygen atoms in total. The van der Waals surface area contributed by atoms with E-state index in [0.717, 1.165) is 17.9 Å². The Hall–Kier alpha value is -2.22. The standard InChI is InChI=1S/C31H44N2/c1-3-5-7-8-10-14-27-21-23-30(24-22-27)31(29-15-11-9-12-16-29)33-32-25-28-19-17-26(18-20-28)13-6-4-2/h9,11-12,15-20,25,27,30H,3-8,10,13-14,21-24H2,1-2H3. The molecule has 2 aromatic carbocycles. The van der Waals surface area contributed by atoms with Crippen molar-refractivity contribution in [1.29, 1.82) is 0 Å². The third-order valence-corrected chi connectivity index (χ3v) is 7.19. The van der Waals surface area contributed by atoms with E-state index in [2.05, 4.69) is 73.5 Å². The molecule has 2 aromatic rings. The number of hydrogen-bond donors (Lipinski definition) is 0. The summed E-state index contributed by atoms with van der Waals surface area (Å²) in [5, 5.41) is 9.34. The van der Waals surface area contributed by atoms with Crippen LogP contribution < -0.4 is 0 Å². The lowest BCUT2D eigenvalue weighted by molar-refractivity contribution is 0.298. The predicted molar refractivity (Wildman–Crippen MR) is 144 cm³/mol. The van der Waals surface area contributed by atoms with Crippen molar-refractivity contribution in [2.24, 2.45) is 22.0 Å². The third kappa shape index (κ3) is 8.91. The summed E-state index contributed by atoms with van der Waals surface area (Å²) in [7, 11) is 0. The summed E-state index contributed by atoms with van der Waals surface area (Å²) < 4.78 is 0. The quantitative estimate of drug-likeness (QED) is 0.167. The van der Waals surface area contributed by atoms with Crippen LogP contribution in [0.1, 0.15) is 108 Å². The van der Waals surface area contributed by atoms with Crippen LogP contribution in [0.5, 0.6) is 0 Å². The van der Waals surface area contributed by atoms with E-state index in [1.54, 1.807) is 0 Å². The molecule has 33 heavy (non-hydrogen) atoms. The number of benzene rings is 2. The molecule has 0 atom stereocenters. The molecule has 0 radical (unpaired) electrons. The molecule has 1 aliphatic rings. The maximum absolute atomic E-state index is 4.79. The average molecular weight is 445 g/mol. The van der Waals surface area contributed by atoms with Crippen LogP contribution in [-0.2, 0) is 6.42 Å². The van der Waals surface area contributed by atoms with Crippen LogP contribution in [0.15, 0.2) is 64.8 Å². The van der Waals surface area contributed by atoms with E-state index >= 15 is 0 Å². The zero-order chi connectivity index (χ0) is 23.1. The monoisotopic (exact) mass is 444 g/mol. The summed E-state index contributed by atoms with van der Waals surface area (Å²) in [5.74, 6) is 1.44. The van der Waals surface area contributed by atoms with Crippen molar-refractivity contribution in [3.8, 4) is 0 Å². The predicted octanol–water partition coefficient (Wildman–Crippen LogP) is 9.02. The highest BCUT2D eigenvalue weighted by Gasteiger charge is 2.25. The zero-order valence-electron chi connectivity index (χ0n) is 21.0. The highest BCUT2D eigenvalue weighted by atomic mass is 15.2. The average Bonchev–Trinajstić information content (AvgIpc) is 2.87. The SMILES string of the molecule is CCCCCCCC1CCC(C(=NN=Cc2ccc(CCCC)cc2)c2ccccc2)CC1. The first kappa shape index (κ1) is 25.4. The van der Waals surface area contributed by atoms with Gasteiger partial charge in [0.15, 0.2) is 0 Å². The molecule has 178 valence electrons. The first-order valence-electron chi connectivity index (χ1n) is 13.6. The molecule has 2 heteroatoms. The minimum absolute atomic E-state index is 0.525. The van der Waals surface area contributed by atoms with E-state index in [1.165, 1.54) is 93.9 Å². The molecule has 1 saturated carbocycles. The van der Waals surface area contributed by atoms with Crippen LogP contribution >= 0.6 is 0 Å². The molecular formula is C31H44N2. The van der Waals surface area contributed by atoms with Gasteiger partial charge in [0.2, 0.25) is 0 Å². The van der Waals surface area contributed by atoms with Crippen molar-refractivity contribution in [1.82, 2.24) is 0 Å². The lowest BCUT2D eigenvalue weighted by Gasteiger charge is -2.29. The number of rotatable bonds is 13. The van der Waals surface area contributed by atoms with Gasteiger partial charge in [-0.15, -0.1) is 0 Å². The summed E-state index contributed by atoms with van der Waals surface area (Å²) in [6.07, 6.45) is 19.1. The molecule has 1 aliphatic carbocycles. The van der Waals surface area contributed by atoms with Crippen LogP contribution in [0, 0.1) is 11.8 Å². The number of unbranched alkanes of at least 4 members (excludes halogenated alkanes) is 5. The molecule has 0 amide bonds. The minimum atomic E-state index is 0.525. The highest BCUT2D eigenvalue weighted by molar-refractivity contribution is 6.02. The summed E-state index contributed by atoms with van der Waals surface area (Å²) in [5.41, 5.74) is 4.93. The van der Waals surface area contributed by atoms with E-state index in [1.807, 2.05) is 6.21 Å². The topological polar surface area (TPSA) is 24.7 Å². The maximum Gasteiger partial charge on any atom is 0.0733 e. The second kappa shape index (κ2) is 14.8. The molecule has 0 aliphatic heterocycles. The normalized spacial score (nSPS) is 19.3. The summed E-state index contributed by atoms with van der Waals surface area (Å²) in [6.45, 7) is 4.53. The van der Waals surface area contributed by atoms with Gasteiger partial charge in [-0.1, -0.05) is 113 Å². The van der Waals surface area contributed by atoms with Gasteiger partial charge >= 0.3 is 0 Å². The molecule has 3 rings (SSSR count). The Kier molecular flexibility index (Phi) is 11.4. The lowest BCUT2D eigenvalue weighted by atomic mass is 9.76. The fourth-order valence-electron chi connectivity index (χ4n) is 5.05. The number of hydrogen-bond acceptors (Lipinski definition) is 2. The van der Waals surface area contributed by atoms with Gasteiger partial charge in [-0.05, 0) is 61.1 Å². The van der Waals surface area contributed by atoms with E-state index in [9.17, 15) is 0 Å². The molecule has 0 unspecified atom stereocenters. The molecule has 0 N–H and O–H groups in total. The Balaban J connectivity index is 1.59. The van der Waals surface area contributed by atoms with E-state index in [4.69, 9.17) is 5.10 Å². The van der Waals surface area contributed by atoms with Crippen LogP contribution in [0.3, 0.4) is 0 Å². The van der Waals surface area contributed by atoms with Crippen LogP contribution in [0.2, 0.25) is 0 Å². The van der Waals surface area contributed by atoms with Crippen molar-refractivity contribution >= 4 is 11.9 Å². The van der Waals surface area contributed by atoms with E-state index in [-0.39, 0.29) is 0 Å². The minimum Gasteiger partial charge on any atom is -0.158 e. The Morgan fingerprint density at radius 1 is 0.788 bits per heavy atom. The Labute approximate surface area is 202 Å². The second-order valence-electron chi connectivity index (χ2n) is 9.86. The second-order valence-corrected chi connectivity index (χ2v) is 9.86. The number of nitrogens with zero attached hydrogens (tertiary/aromatic N) is 2. The highest BCUT2D eigenvalue weighted by Crippen LogP contribution is 2.34. The summed E-state index contributed by atoms with van der Waals surface area (Å²) in [6, 6.07) is 19.5. The molecule has 0 aromatic heterocycles.